The third kappa shape index (κ3) is 1.52. The van der Waals surface area contributed by atoms with Crippen LogP contribution in [0.25, 0.3) is 16.7 Å². The Morgan fingerprint density at radius 2 is 2.17 bits per heavy atom. The number of aromatic nitrogens is 3. The number of aryl methyl sites for hydroxylation is 2. The fourth-order valence-corrected chi connectivity index (χ4v) is 2.73. The largest absolute Gasteiger partial charge is 0.359 e. The van der Waals surface area contributed by atoms with Crippen LogP contribution < -0.4 is 5.69 Å². The Labute approximate surface area is 116 Å². The van der Waals surface area contributed by atoms with E-state index in [1.54, 1.807) is 11.5 Å². The van der Waals surface area contributed by atoms with Gasteiger partial charge in [-0.1, -0.05) is 11.2 Å². The van der Waals surface area contributed by atoms with Gasteiger partial charge in [-0.15, -0.1) is 0 Å². The summed E-state index contributed by atoms with van der Waals surface area (Å²) in [5.74, 6) is 0.634. The van der Waals surface area contributed by atoms with Crippen LogP contribution in [0, 0.1) is 17.4 Å². The fraction of sp³-hybridized carbons (Fsp3) is 0.167. The average Bonchev–Trinajstić information content (AvgIpc) is 2.81. The molecule has 0 aliphatic carbocycles. The van der Waals surface area contributed by atoms with Crippen LogP contribution in [-0.4, -0.2) is 14.7 Å². The quantitative estimate of drug-likeness (QED) is 0.683. The first-order valence-corrected chi connectivity index (χ1v) is 6.50. The van der Waals surface area contributed by atoms with Crippen molar-refractivity contribution in [2.75, 3.05) is 0 Å². The SMILES string of the molecule is Cc1noc(C)c1-n1c(=O)[nH]c2c(I)cccc21. The van der Waals surface area contributed by atoms with E-state index in [0.29, 0.717) is 17.1 Å². The van der Waals surface area contributed by atoms with Crippen molar-refractivity contribution in [3.8, 4) is 5.69 Å². The van der Waals surface area contributed by atoms with E-state index in [-0.39, 0.29) is 5.69 Å². The predicted molar refractivity (Wildman–Crippen MR) is 76.1 cm³/mol. The smallest absolute Gasteiger partial charge is 0.331 e. The standard InChI is InChI=1S/C12H10IN3O2/c1-6-11(7(2)18-15-6)16-9-5-3-4-8(13)10(9)14-12(16)17/h3-5H,1-2H3,(H,14,17). The molecule has 0 atom stereocenters. The van der Waals surface area contributed by atoms with Gasteiger partial charge < -0.3 is 9.51 Å². The molecule has 0 spiro atoms. The number of hydrogen-bond acceptors (Lipinski definition) is 3. The van der Waals surface area contributed by atoms with E-state index in [4.69, 9.17) is 4.52 Å². The van der Waals surface area contributed by atoms with Crippen LogP contribution >= 0.6 is 22.6 Å². The Bertz CT molecular complexity index is 778. The molecule has 2 heterocycles. The minimum atomic E-state index is -0.177. The molecule has 92 valence electrons. The molecule has 0 amide bonds. The zero-order valence-corrected chi connectivity index (χ0v) is 12.0. The third-order valence-electron chi connectivity index (χ3n) is 2.89. The van der Waals surface area contributed by atoms with Crippen LogP contribution in [0.2, 0.25) is 0 Å². The van der Waals surface area contributed by atoms with Gasteiger partial charge in [-0.2, -0.15) is 0 Å². The highest BCUT2D eigenvalue weighted by Gasteiger charge is 2.17. The maximum atomic E-state index is 12.1. The Hall–Kier alpha value is -1.57. The number of fused-ring (bicyclic) bond motifs is 1. The van der Waals surface area contributed by atoms with Gasteiger partial charge in [0, 0.05) is 3.57 Å². The van der Waals surface area contributed by atoms with Crippen molar-refractivity contribution in [1.29, 1.82) is 0 Å². The van der Waals surface area contributed by atoms with Crippen molar-refractivity contribution in [2.45, 2.75) is 13.8 Å². The molecule has 0 saturated heterocycles. The molecule has 3 rings (SSSR count). The lowest BCUT2D eigenvalue weighted by Crippen LogP contribution is -2.15. The van der Waals surface area contributed by atoms with Gasteiger partial charge in [-0.05, 0) is 48.6 Å². The van der Waals surface area contributed by atoms with Crippen molar-refractivity contribution in [3.63, 3.8) is 0 Å². The van der Waals surface area contributed by atoms with Crippen LogP contribution in [0.3, 0.4) is 0 Å². The first kappa shape index (κ1) is 11.5. The van der Waals surface area contributed by atoms with E-state index >= 15 is 0 Å². The normalized spacial score (nSPS) is 11.3. The molecule has 1 N–H and O–H groups in total. The van der Waals surface area contributed by atoms with Crippen molar-refractivity contribution in [1.82, 2.24) is 14.7 Å². The molecule has 0 aliphatic heterocycles. The Morgan fingerprint density at radius 3 is 2.83 bits per heavy atom. The first-order chi connectivity index (χ1) is 8.59. The second-order valence-electron chi connectivity index (χ2n) is 4.07. The van der Waals surface area contributed by atoms with Crippen molar-refractivity contribution in [2.24, 2.45) is 0 Å². The molecule has 5 nitrogen and oxygen atoms in total. The van der Waals surface area contributed by atoms with Crippen molar-refractivity contribution < 1.29 is 4.52 Å². The number of nitrogens with zero attached hydrogens (tertiary/aromatic N) is 2. The second kappa shape index (κ2) is 3.98. The van der Waals surface area contributed by atoms with Crippen LogP contribution in [-0.2, 0) is 0 Å². The minimum Gasteiger partial charge on any atom is -0.359 e. The molecule has 0 saturated carbocycles. The molecule has 0 fully saturated rings. The van der Waals surface area contributed by atoms with E-state index in [9.17, 15) is 4.79 Å². The zero-order valence-electron chi connectivity index (χ0n) is 9.82. The number of hydrogen-bond donors (Lipinski definition) is 1. The van der Waals surface area contributed by atoms with Crippen LogP contribution in [0.15, 0.2) is 27.5 Å². The van der Waals surface area contributed by atoms with E-state index in [1.165, 1.54) is 0 Å². The van der Waals surface area contributed by atoms with Gasteiger partial charge in [-0.3, -0.25) is 4.57 Å². The molecule has 0 bridgehead atoms. The number of halogens is 1. The predicted octanol–water partition coefficient (Wildman–Crippen LogP) is 2.53. The summed E-state index contributed by atoms with van der Waals surface area (Å²) in [5.41, 5.74) is 2.91. The summed E-state index contributed by atoms with van der Waals surface area (Å²) < 4.78 is 7.74. The average molecular weight is 355 g/mol. The third-order valence-corrected chi connectivity index (χ3v) is 3.79. The summed E-state index contributed by atoms with van der Waals surface area (Å²) in [7, 11) is 0. The van der Waals surface area contributed by atoms with Gasteiger partial charge in [0.05, 0.1) is 11.0 Å². The van der Waals surface area contributed by atoms with E-state index < -0.39 is 0 Å². The fourth-order valence-electron chi connectivity index (χ4n) is 2.11. The van der Waals surface area contributed by atoms with Gasteiger partial charge in [0.1, 0.15) is 11.4 Å². The second-order valence-corrected chi connectivity index (χ2v) is 5.23. The van der Waals surface area contributed by atoms with Crippen LogP contribution in [0.4, 0.5) is 0 Å². The number of benzene rings is 1. The topological polar surface area (TPSA) is 63.8 Å². The van der Waals surface area contributed by atoms with Gasteiger partial charge in [0.25, 0.3) is 0 Å². The molecule has 2 aromatic heterocycles. The Morgan fingerprint density at radius 1 is 1.39 bits per heavy atom. The number of para-hydroxylation sites is 1. The molecule has 0 radical (unpaired) electrons. The van der Waals surface area contributed by atoms with Crippen molar-refractivity contribution >= 4 is 33.6 Å². The van der Waals surface area contributed by atoms with Crippen molar-refractivity contribution in [3.05, 3.63) is 43.7 Å². The number of rotatable bonds is 1. The molecule has 6 heteroatoms. The summed E-state index contributed by atoms with van der Waals surface area (Å²) >= 11 is 2.20. The monoisotopic (exact) mass is 355 g/mol. The Balaban J connectivity index is 2.47. The van der Waals surface area contributed by atoms with E-state index in [2.05, 4.69) is 32.7 Å². The van der Waals surface area contributed by atoms with Gasteiger partial charge in [0.2, 0.25) is 0 Å². The molecule has 0 unspecified atom stereocenters. The maximum Gasteiger partial charge on any atom is 0.331 e. The van der Waals surface area contributed by atoms with E-state index in [0.717, 1.165) is 14.6 Å². The number of nitrogens with one attached hydrogen (secondary N) is 1. The van der Waals surface area contributed by atoms with Crippen LogP contribution in [0.5, 0.6) is 0 Å². The molecule has 18 heavy (non-hydrogen) atoms. The Kier molecular flexibility index (Phi) is 2.54. The summed E-state index contributed by atoms with van der Waals surface area (Å²) in [5, 5.41) is 3.89. The highest BCUT2D eigenvalue weighted by Crippen LogP contribution is 2.23. The lowest BCUT2D eigenvalue weighted by atomic mass is 10.3. The number of aromatic amines is 1. The van der Waals surface area contributed by atoms with Gasteiger partial charge in [0.15, 0.2) is 5.76 Å². The first-order valence-electron chi connectivity index (χ1n) is 5.42. The lowest BCUT2D eigenvalue weighted by molar-refractivity contribution is 0.393. The van der Waals surface area contributed by atoms with Gasteiger partial charge >= 0.3 is 5.69 Å². The molecular weight excluding hydrogens is 345 g/mol. The van der Waals surface area contributed by atoms with Crippen LogP contribution in [0.1, 0.15) is 11.5 Å². The van der Waals surface area contributed by atoms with Gasteiger partial charge in [-0.25, -0.2) is 4.79 Å². The summed E-state index contributed by atoms with van der Waals surface area (Å²) in [6.07, 6.45) is 0. The number of H-pyrrole nitrogens is 1. The molecule has 3 aromatic rings. The lowest BCUT2D eigenvalue weighted by Gasteiger charge is -2.01. The zero-order chi connectivity index (χ0) is 12.9. The maximum absolute atomic E-state index is 12.1. The molecule has 0 aliphatic rings. The highest BCUT2D eigenvalue weighted by atomic mass is 127. The summed E-state index contributed by atoms with van der Waals surface area (Å²) in [6, 6.07) is 5.78. The number of imidazole rings is 1. The molecular formula is C12H10IN3O2. The van der Waals surface area contributed by atoms with E-state index in [1.807, 2.05) is 25.1 Å². The summed E-state index contributed by atoms with van der Waals surface area (Å²) in [6.45, 7) is 3.62. The minimum absolute atomic E-state index is 0.177. The summed E-state index contributed by atoms with van der Waals surface area (Å²) in [4.78, 5) is 15.0. The molecule has 1 aromatic carbocycles. The highest BCUT2D eigenvalue weighted by molar-refractivity contribution is 14.1.